The molecule has 2 rings (SSSR count). The van der Waals surface area contributed by atoms with Crippen LogP contribution in [0, 0.1) is 11.8 Å². The van der Waals surface area contributed by atoms with E-state index in [4.69, 9.17) is 0 Å². The normalized spacial score (nSPS) is 31.6. The van der Waals surface area contributed by atoms with Gasteiger partial charge >= 0.3 is 0 Å². The van der Waals surface area contributed by atoms with Gasteiger partial charge in [0.05, 0.1) is 0 Å². The van der Waals surface area contributed by atoms with E-state index in [0.717, 1.165) is 23.9 Å². The van der Waals surface area contributed by atoms with E-state index >= 15 is 0 Å². The van der Waals surface area contributed by atoms with Gasteiger partial charge in [-0.1, -0.05) is 47.0 Å². The van der Waals surface area contributed by atoms with Crippen molar-refractivity contribution >= 4 is 0 Å². The molecule has 118 valence electrons. The Hall–Kier alpha value is -0.0800. The molecule has 2 aliphatic rings. The predicted octanol–water partition coefficient (Wildman–Crippen LogP) is 4.05. The van der Waals surface area contributed by atoms with Crippen molar-refractivity contribution in [2.75, 3.05) is 13.1 Å². The van der Waals surface area contributed by atoms with Gasteiger partial charge < -0.3 is 5.32 Å². The second-order valence-corrected chi connectivity index (χ2v) is 7.40. The van der Waals surface area contributed by atoms with Gasteiger partial charge in [0.15, 0.2) is 0 Å². The maximum atomic E-state index is 3.77. The highest BCUT2D eigenvalue weighted by atomic mass is 15.3. The number of hydrogen-bond acceptors (Lipinski definition) is 2. The van der Waals surface area contributed by atoms with Crippen LogP contribution in [0.1, 0.15) is 72.6 Å². The molecule has 1 aliphatic heterocycles. The van der Waals surface area contributed by atoms with E-state index in [0.29, 0.717) is 6.04 Å². The minimum Gasteiger partial charge on any atom is -0.311 e. The van der Waals surface area contributed by atoms with Gasteiger partial charge in [-0.2, -0.15) is 0 Å². The van der Waals surface area contributed by atoms with Crippen molar-refractivity contribution in [3.63, 3.8) is 0 Å². The predicted molar refractivity (Wildman–Crippen MR) is 88.1 cm³/mol. The van der Waals surface area contributed by atoms with Crippen molar-refractivity contribution in [3.05, 3.63) is 0 Å². The molecule has 1 saturated carbocycles. The van der Waals surface area contributed by atoms with Crippen LogP contribution >= 0.6 is 0 Å². The summed E-state index contributed by atoms with van der Waals surface area (Å²) in [4.78, 5) is 2.91. The Bertz CT molecular complexity index is 271. The first kappa shape index (κ1) is 16.3. The molecule has 1 N–H and O–H groups in total. The average Bonchev–Trinajstić information content (AvgIpc) is 2.48. The summed E-state index contributed by atoms with van der Waals surface area (Å²) in [6.45, 7) is 12.0. The minimum atomic E-state index is 0.711. The highest BCUT2D eigenvalue weighted by Gasteiger charge is 2.36. The van der Waals surface area contributed by atoms with E-state index in [9.17, 15) is 0 Å². The molecule has 2 heteroatoms. The van der Waals surface area contributed by atoms with Crippen molar-refractivity contribution in [2.45, 2.75) is 90.8 Å². The minimum absolute atomic E-state index is 0.711. The first-order chi connectivity index (χ1) is 9.67. The molecule has 1 heterocycles. The van der Waals surface area contributed by atoms with E-state index in [1.54, 1.807) is 0 Å². The Morgan fingerprint density at radius 2 is 1.80 bits per heavy atom. The topological polar surface area (TPSA) is 15.3 Å². The largest absolute Gasteiger partial charge is 0.311 e. The molecule has 0 radical (unpaired) electrons. The third-order valence-electron chi connectivity index (χ3n) is 5.77. The molecule has 2 fully saturated rings. The lowest BCUT2D eigenvalue weighted by molar-refractivity contribution is 0.0178. The molecule has 2 nitrogen and oxygen atoms in total. The van der Waals surface area contributed by atoms with E-state index < -0.39 is 0 Å². The Labute approximate surface area is 126 Å². The molecule has 0 aromatic carbocycles. The van der Waals surface area contributed by atoms with E-state index in [1.165, 1.54) is 58.0 Å². The van der Waals surface area contributed by atoms with Gasteiger partial charge in [-0.3, -0.25) is 4.90 Å². The fraction of sp³-hybridized carbons (Fsp3) is 1.00. The summed E-state index contributed by atoms with van der Waals surface area (Å²) in [5.41, 5.74) is 0. The number of piperazine rings is 1. The highest BCUT2D eigenvalue weighted by Crippen LogP contribution is 2.33. The fourth-order valence-corrected chi connectivity index (χ4v) is 4.49. The molecule has 20 heavy (non-hydrogen) atoms. The lowest BCUT2D eigenvalue weighted by Crippen LogP contribution is -2.62. The lowest BCUT2D eigenvalue weighted by Gasteiger charge is -2.49. The Kier molecular flexibility index (Phi) is 6.35. The van der Waals surface area contributed by atoms with E-state index in [1.807, 2.05) is 0 Å². The van der Waals surface area contributed by atoms with Crippen molar-refractivity contribution in [2.24, 2.45) is 11.8 Å². The summed E-state index contributed by atoms with van der Waals surface area (Å²) < 4.78 is 0. The van der Waals surface area contributed by atoms with Gasteiger partial charge in [-0.05, 0) is 37.5 Å². The maximum absolute atomic E-state index is 3.77. The SMILES string of the molecule is CCC1CN(C(CC)C2CCCCC2)C(C(C)C)CN1. The second kappa shape index (κ2) is 7.79. The third kappa shape index (κ3) is 3.76. The Morgan fingerprint density at radius 3 is 2.35 bits per heavy atom. The monoisotopic (exact) mass is 280 g/mol. The maximum Gasteiger partial charge on any atom is 0.0247 e. The van der Waals surface area contributed by atoms with Crippen LogP contribution in [0.4, 0.5) is 0 Å². The summed E-state index contributed by atoms with van der Waals surface area (Å²) in [7, 11) is 0. The van der Waals surface area contributed by atoms with Gasteiger partial charge in [0.2, 0.25) is 0 Å². The van der Waals surface area contributed by atoms with Crippen molar-refractivity contribution in [1.29, 1.82) is 0 Å². The number of nitrogens with zero attached hydrogens (tertiary/aromatic N) is 1. The second-order valence-electron chi connectivity index (χ2n) is 7.40. The first-order valence-electron chi connectivity index (χ1n) is 9.16. The number of rotatable bonds is 5. The van der Waals surface area contributed by atoms with Crippen molar-refractivity contribution < 1.29 is 0 Å². The quantitative estimate of drug-likeness (QED) is 0.817. The standard InChI is InChI=1S/C18H36N2/c1-5-16-13-20(18(12-19-16)14(3)4)17(6-2)15-10-8-7-9-11-15/h14-19H,5-13H2,1-4H3. The van der Waals surface area contributed by atoms with Crippen LogP contribution in [0.15, 0.2) is 0 Å². The summed E-state index contributed by atoms with van der Waals surface area (Å²) >= 11 is 0. The van der Waals surface area contributed by atoms with E-state index in [-0.39, 0.29) is 0 Å². The molecule has 0 aromatic heterocycles. The van der Waals surface area contributed by atoms with Crippen LogP contribution in [0.5, 0.6) is 0 Å². The zero-order valence-corrected chi connectivity index (χ0v) is 14.2. The van der Waals surface area contributed by atoms with Gasteiger partial charge in [-0.25, -0.2) is 0 Å². The number of nitrogens with one attached hydrogen (secondary N) is 1. The van der Waals surface area contributed by atoms with Crippen molar-refractivity contribution in [3.8, 4) is 0 Å². The molecular formula is C18H36N2. The molecule has 1 aliphatic carbocycles. The molecule has 0 aromatic rings. The lowest BCUT2D eigenvalue weighted by atomic mass is 9.80. The van der Waals surface area contributed by atoms with Crippen LogP contribution in [0.3, 0.4) is 0 Å². The highest BCUT2D eigenvalue weighted by molar-refractivity contribution is 4.93. The third-order valence-corrected chi connectivity index (χ3v) is 5.77. The Balaban J connectivity index is 2.09. The molecule has 3 atom stereocenters. The number of hydrogen-bond donors (Lipinski definition) is 1. The molecule has 0 spiro atoms. The average molecular weight is 280 g/mol. The summed E-state index contributed by atoms with van der Waals surface area (Å²) in [6.07, 6.45) is 9.97. The summed E-state index contributed by atoms with van der Waals surface area (Å²) in [5, 5.41) is 3.77. The molecule has 0 bridgehead atoms. The van der Waals surface area contributed by atoms with Gasteiger partial charge in [-0.15, -0.1) is 0 Å². The molecular weight excluding hydrogens is 244 g/mol. The van der Waals surface area contributed by atoms with Gasteiger partial charge in [0.1, 0.15) is 0 Å². The molecule has 3 unspecified atom stereocenters. The zero-order valence-electron chi connectivity index (χ0n) is 14.2. The first-order valence-corrected chi connectivity index (χ1v) is 9.16. The van der Waals surface area contributed by atoms with Crippen LogP contribution in [0.25, 0.3) is 0 Å². The van der Waals surface area contributed by atoms with Gasteiger partial charge in [0, 0.05) is 31.2 Å². The Morgan fingerprint density at radius 1 is 1.10 bits per heavy atom. The van der Waals surface area contributed by atoms with Crippen LogP contribution in [-0.2, 0) is 0 Å². The van der Waals surface area contributed by atoms with Crippen LogP contribution in [-0.4, -0.2) is 36.1 Å². The molecule has 1 saturated heterocycles. The zero-order chi connectivity index (χ0) is 14.5. The smallest absolute Gasteiger partial charge is 0.0247 e. The van der Waals surface area contributed by atoms with Crippen molar-refractivity contribution in [1.82, 2.24) is 10.2 Å². The van der Waals surface area contributed by atoms with Crippen LogP contribution in [0.2, 0.25) is 0 Å². The van der Waals surface area contributed by atoms with Crippen LogP contribution < -0.4 is 5.32 Å². The summed E-state index contributed by atoms with van der Waals surface area (Å²) in [5.74, 6) is 1.73. The van der Waals surface area contributed by atoms with Gasteiger partial charge in [0.25, 0.3) is 0 Å². The summed E-state index contributed by atoms with van der Waals surface area (Å²) in [6, 6.07) is 2.28. The fourth-order valence-electron chi connectivity index (χ4n) is 4.49. The molecule has 0 amide bonds. The van der Waals surface area contributed by atoms with E-state index in [2.05, 4.69) is 37.9 Å².